The highest BCUT2D eigenvalue weighted by Crippen LogP contribution is 2.65. The minimum Gasteiger partial charge on any atom is -0.467 e. The van der Waals surface area contributed by atoms with Crippen LogP contribution in [0.1, 0.15) is 83.6 Å². The molecular weight excluding hydrogens is 544 g/mol. The number of aromatic amines is 1. The van der Waals surface area contributed by atoms with E-state index in [0.717, 1.165) is 61.4 Å². The number of allylic oxidation sites excluding steroid dienone is 1. The molecule has 4 aliphatic rings. The third kappa shape index (κ3) is 5.42. The van der Waals surface area contributed by atoms with Crippen molar-refractivity contribution in [2.75, 3.05) is 7.11 Å². The molecule has 8 heteroatoms. The van der Waals surface area contributed by atoms with Crippen LogP contribution in [0.2, 0.25) is 0 Å². The highest BCUT2D eigenvalue weighted by atomic mass is 16.5. The van der Waals surface area contributed by atoms with Crippen LogP contribution in [-0.4, -0.2) is 47.9 Å². The third-order valence-electron chi connectivity index (χ3n) is 11.6. The Morgan fingerprint density at radius 3 is 2.65 bits per heavy atom. The smallest absolute Gasteiger partial charge is 0.328 e. The van der Waals surface area contributed by atoms with Gasteiger partial charge in [0.25, 0.3) is 0 Å². The van der Waals surface area contributed by atoms with Crippen molar-refractivity contribution in [3.05, 3.63) is 47.7 Å². The molecule has 0 saturated heterocycles. The van der Waals surface area contributed by atoms with E-state index in [9.17, 15) is 19.2 Å². The lowest BCUT2D eigenvalue weighted by molar-refractivity contribution is -0.160. The maximum absolute atomic E-state index is 13.0. The van der Waals surface area contributed by atoms with Crippen LogP contribution in [-0.2, 0) is 35.1 Å². The van der Waals surface area contributed by atoms with E-state index in [-0.39, 0.29) is 53.9 Å². The number of para-hydroxylation sites is 1. The van der Waals surface area contributed by atoms with E-state index in [2.05, 4.69) is 24.1 Å². The van der Waals surface area contributed by atoms with Crippen LogP contribution in [0.25, 0.3) is 10.9 Å². The second-order valence-electron chi connectivity index (χ2n) is 13.8. The van der Waals surface area contributed by atoms with Crippen molar-refractivity contribution in [3.63, 3.8) is 0 Å². The minimum absolute atomic E-state index is 0.0314. The molecule has 230 valence electrons. The number of H-pyrrole nitrogens is 1. The van der Waals surface area contributed by atoms with Gasteiger partial charge in [0.05, 0.1) is 13.5 Å². The van der Waals surface area contributed by atoms with Crippen molar-refractivity contribution in [2.24, 2.45) is 28.6 Å². The van der Waals surface area contributed by atoms with Gasteiger partial charge in [-0.3, -0.25) is 14.4 Å². The second-order valence-corrected chi connectivity index (χ2v) is 13.8. The summed E-state index contributed by atoms with van der Waals surface area (Å²) >= 11 is 0. The molecule has 0 spiro atoms. The van der Waals surface area contributed by atoms with Crippen molar-refractivity contribution in [1.29, 1.82) is 0 Å². The maximum Gasteiger partial charge on any atom is 0.328 e. The summed E-state index contributed by atoms with van der Waals surface area (Å²) in [5, 5.41) is 3.76. The Morgan fingerprint density at radius 1 is 1.02 bits per heavy atom. The third-order valence-corrected chi connectivity index (χ3v) is 11.6. The van der Waals surface area contributed by atoms with E-state index in [1.54, 1.807) is 0 Å². The van der Waals surface area contributed by atoms with Crippen molar-refractivity contribution < 1.29 is 28.7 Å². The van der Waals surface area contributed by atoms with E-state index in [4.69, 9.17) is 9.47 Å². The van der Waals surface area contributed by atoms with Gasteiger partial charge in [-0.25, -0.2) is 4.79 Å². The molecule has 7 atom stereocenters. The lowest BCUT2D eigenvalue weighted by atomic mass is 9.47. The van der Waals surface area contributed by atoms with Gasteiger partial charge < -0.3 is 19.8 Å². The molecule has 8 nitrogen and oxygen atoms in total. The molecule has 3 fully saturated rings. The van der Waals surface area contributed by atoms with Crippen LogP contribution in [0.3, 0.4) is 0 Å². The monoisotopic (exact) mass is 588 g/mol. The number of fused-ring (bicyclic) bond motifs is 6. The predicted octanol–water partition coefficient (Wildman–Crippen LogP) is 5.59. The van der Waals surface area contributed by atoms with Crippen LogP contribution < -0.4 is 5.32 Å². The number of benzene rings is 1. The fourth-order valence-electron chi connectivity index (χ4n) is 9.26. The van der Waals surface area contributed by atoms with Crippen LogP contribution in [0.4, 0.5) is 0 Å². The molecule has 2 N–H and O–H groups in total. The molecule has 1 aromatic heterocycles. The molecule has 0 aliphatic heterocycles. The van der Waals surface area contributed by atoms with Gasteiger partial charge in [-0.1, -0.05) is 37.6 Å². The minimum atomic E-state index is -0.854. The number of hydrogen-bond acceptors (Lipinski definition) is 6. The molecule has 43 heavy (non-hydrogen) atoms. The van der Waals surface area contributed by atoms with Gasteiger partial charge in [-0.2, -0.15) is 0 Å². The zero-order valence-electron chi connectivity index (χ0n) is 25.6. The van der Waals surface area contributed by atoms with Gasteiger partial charge in [-0.05, 0) is 85.8 Å². The molecule has 6 rings (SSSR count). The number of aromatic nitrogens is 1. The SMILES string of the molecule is COC(=O)[C@H](Cc1c[nH]c2ccccc12)NC(=O)CCC(=O)O[C@@H]1CC[C@@H]2[C@@H]3CCC4=CC(=O)CC[C@]4(C)[C@@H]3CC[C@@]21C. The highest BCUT2D eigenvalue weighted by molar-refractivity contribution is 5.91. The van der Waals surface area contributed by atoms with E-state index in [1.807, 2.05) is 36.5 Å². The maximum atomic E-state index is 13.0. The highest BCUT2D eigenvalue weighted by Gasteiger charge is 2.60. The average molecular weight is 589 g/mol. The van der Waals surface area contributed by atoms with Crippen molar-refractivity contribution in [3.8, 4) is 0 Å². The van der Waals surface area contributed by atoms with Gasteiger partial charge in [-0.15, -0.1) is 0 Å². The Balaban J connectivity index is 1.04. The zero-order valence-corrected chi connectivity index (χ0v) is 25.6. The number of ether oxygens (including phenoxy) is 2. The van der Waals surface area contributed by atoms with Gasteiger partial charge in [0, 0.05) is 41.8 Å². The van der Waals surface area contributed by atoms with Crippen LogP contribution in [0.15, 0.2) is 42.1 Å². The molecule has 3 saturated carbocycles. The first kappa shape index (κ1) is 29.6. The molecule has 1 heterocycles. The Hall–Kier alpha value is -3.42. The van der Waals surface area contributed by atoms with E-state index in [1.165, 1.54) is 12.7 Å². The number of ketones is 1. The Morgan fingerprint density at radius 2 is 1.84 bits per heavy atom. The zero-order chi connectivity index (χ0) is 30.4. The summed E-state index contributed by atoms with van der Waals surface area (Å²) in [5.74, 6) is 0.702. The van der Waals surface area contributed by atoms with Gasteiger partial charge in [0.2, 0.25) is 5.91 Å². The quantitative estimate of drug-likeness (QED) is 0.389. The van der Waals surface area contributed by atoms with E-state index >= 15 is 0 Å². The summed E-state index contributed by atoms with van der Waals surface area (Å²) in [5.41, 5.74) is 3.29. The fourth-order valence-corrected chi connectivity index (χ4v) is 9.26. The normalized spacial score (nSPS) is 32.2. The molecule has 4 aliphatic carbocycles. The molecule has 1 amide bonds. The summed E-state index contributed by atoms with van der Waals surface area (Å²) in [6, 6.07) is 6.93. The van der Waals surface area contributed by atoms with Crippen molar-refractivity contribution in [2.45, 2.75) is 96.6 Å². The Bertz CT molecular complexity index is 1460. The van der Waals surface area contributed by atoms with E-state index < -0.39 is 12.0 Å². The second kappa shape index (κ2) is 11.6. The summed E-state index contributed by atoms with van der Waals surface area (Å²) in [6.45, 7) is 4.68. The number of carbonyl (C=O) groups is 4. The number of hydrogen-bond donors (Lipinski definition) is 2. The Labute approximate surface area is 253 Å². The van der Waals surface area contributed by atoms with Gasteiger partial charge >= 0.3 is 11.9 Å². The predicted molar refractivity (Wildman–Crippen MR) is 162 cm³/mol. The summed E-state index contributed by atoms with van der Waals surface area (Å²) < 4.78 is 11.1. The molecule has 2 aromatic rings. The average Bonchev–Trinajstić information content (AvgIpc) is 3.56. The fraction of sp³-hybridized carbons (Fsp3) is 0.600. The largest absolute Gasteiger partial charge is 0.467 e. The molecule has 0 radical (unpaired) electrons. The molecule has 0 unspecified atom stereocenters. The Kier molecular flexibility index (Phi) is 7.99. The van der Waals surface area contributed by atoms with Crippen LogP contribution in [0.5, 0.6) is 0 Å². The first-order valence-corrected chi connectivity index (χ1v) is 16.0. The molecule has 0 bridgehead atoms. The number of esters is 2. The number of nitrogens with one attached hydrogen (secondary N) is 2. The molecular formula is C35H44N2O6. The summed E-state index contributed by atoms with van der Waals surface area (Å²) in [6.07, 6.45) is 11.6. The van der Waals surface area contributed by atoms with Crippen LogP contribution in [0, 0.1) is 28.6 Å². The summed E-state index contributed by atoms with van der Waals surface area (Å²) in [7, 11) is 1.30. The lowest BCUT2D eigenvalue weighted by Crippen LogP contribution is -2.51. The van der Waals surface area contributed by atoms with Crippen molar-refractivity contribution in [1.82, 2.24) is 10.3 Å². The van der Waals surface area contributed by atoms with Gasteiger partial charge in [0.1, 0.15) is 12.1 Å². The molecule has 1 aromatic carbocycles. The number of methoxy groups -OCH3 is 1. The number of carbonyl (C=O) groups excluding carboxylic acids is 4. The first-order chi connectivity index (χ1) is 20.6. The standard InChI is InChI=1S/C35H44N2O6/c1-34-16-14-23(38)19-22(34)8-9-25-26-10-11-30(35(26,2)17-15-27(25)34)43-32(40)13-12-31(39)37-29(33(41)42-3)18-21-20-36-28-7-5-4-6-24(21)28/h4-7,19-20,25-27,29-30,36H,8-18H2,1-3H3,(H,37,39)/t25-,26+,27+,29-,30+,34-,35-/m0/s1. The lowest BCUT2D eigenvalue weighted by Gasteiger charge is -2.57. The number of amides is 1. The summed E-state index contributed by atoms with van der Waals surface area (Å²) in [4.78, 5) is 53.7. The first-order valence-electron chi connectivity index (χ1n) is 16.0. The topological polar surface area (TPSA) is 115 Å². The van der Waals surface area contributed by atoms with Gasteiger partial charge in [0.15, 0.2) is 5.78 Å². The van der Waals surface area contributed by atoms with Crippen LogP contribution >= 0.6 is 0 Å². The number of rotatable bonds is 8. The van der Waals surface area contributed by atoms with Crippen molar-refractivity contribution >= 4 is 34.5 Å². The van der Waals surface area contributed by atoms with E-state index in [0.29, 0.717) is 24.2 Å².